The lowest BCUT2D eigenvalue weighted by molar-refractivity contribution is 0.317. The average Bonchev–Trinajstić information content (AvgIpc) is 2.90. The number of hydrogen-bond donors (Lipinski definition) is 2. The van der Waals surface area contributed by atoms with Gasteiger partial charge in [0.25, 0.3) is 0 Å². The molecule has 1 aromatic rings. The van der Waals surface area contributed by atoms with Crippen LogP contribution in [0.1, 0.15) is 37.8 Å². The minimum atomic E-state index is 0.0951. The number of nitrogens with two attached hydrogens (primary N) is 1. The fourth-order valence-corrected chi connectivity index (χ4v) is 2.26. The summed E-state index contributed by atoms with van der Waals surface area (Å²) in [6.07, 6.45) is 3.44. The first kappa shape index (κ1) is 12.4. The van der Waals surface area contributed by atoms with Gasteiger partial charge in [0.15, 0.2) is 0 Å². The molecule has 0 aromatic heterocycles. The van der Waals surface area contributed by atoms with E-state index >= 15 is 0 Å². The van der Waals surface area contributed by atoms with E-state index in [1.54, 1.807) is 0 Å². The van der Waals surface area contributed by atoms with Crippen molar-refractivity contribution in [2.24, 2.45) is 5.73 Å². The normalized spacial score (nSPS) is 21.4. The third kappa shape index (κ3) is 3.20. The number of hydrogen-bond acceptors (Lipinski definition) is 3. The Bertz CT molecular complexity index is 331. The van der Waals surface area contributed by atoms with E-state index in [4.69, 9.17) is 10.5 Å². The molecule has 0 saturated carbocycles. The van der Waals surface area contributed by atoms with Gasteiger partial charge in [-0.15, -0.1) is 0 Å². The van der Waals surface area contributed by atoms with E-state index in [1.165, 1.54) is 18.4 Å². The third-order valence-electron chi connectivity index (χ3n) is 3.27. The van der Waals surface area contributed by atoms with E-state index in [0.717, 1.165) is 25.3 Å². The van der Waals surface area contributed by atoms with Gasteiger partial charge in [-0.1, -0.05) is 19.1 Å². The standard InChI is InChI=1S/C14H22N2O/c1-2-10-17-12-7-5-11(6-8-12)14(15)13-4-3-9-16-13/h5-8,13-14,16H,2-4,9-10,15H2,1H3. The first-order chi connectivity index (χ1) is 8.31. The van der Waals surface area contributed by atoms with Crippen molar-refractivity contribution in [3.05, 3.63) is 29.8 Å². The summed E-state index contributed by atoms with van der Waals surface area (Å²) in [7, 11) is 0. The lowest BCUT2D eigenvalue weighted by Crippen LogP contribution is -2.34. The van der Waals surface area contributed by atoms with Gasteiger partial charge in [-0.2, -0.15) is 0 Å². The number of ether oxygens (including phenoxy) is 1. The van der Waals surface area contributed by atoms with Crippen LogP contribution in [0.3, 0.4) is 0 Å². The number of benzene rings is 1. The minimum absolute atomic E-state index is 0.0951. The van der Waals surface area contributed by atoms with Crippen molar-refractivity contribution in [3.63, 3.8) is 0 Å². The van der Waals surface area contributed by atoms with E-state index in [2.05, 4.69) is 24.4 Å². The zero-order valence-corrected chi connectivity index (χ0v) is 10.5. The molecule has 3 nitrogen and oxygen atoms in total. The summed E-state index contributed by atoms with van der Waals surface area (Å²) < 4.78 is 5.56. The Morgan fingerprint density at radius 3 is 2.76 bits per heavy atom. The second-order valence-electron chi connectivity index (χ2n) is 4.65. The van der Waals surface area contributed by atoms with Crippen molar-refractivity contribution in [3.8, 4) is 5.75 Å². The predicted molar refractivity (Wildman–Crippen MR) is 70.2 cm³/mol. The molecule has 17 heavy (non-hydrogen) atoms. The quantitative estimate of drug-likeness (QED) is 0.821. The van der Waals surface area contributed by atoms with Crippen LogP contribution in [0.15, 0.2) is 24.3 Å². The monoisotopic (exact) mass is 234 g/mol. The molecule has 0 spiro atoms. The molecule has 0 radical (unpaired) electrons. The highest BCUT2D eigenvalue weighted by atomic mass is 16.5. The molecular formula is C14H22N2O. The van der Waals surface area contributed by atoms with Crippen molar-refractivity contribution < 1.29 is 4.74 Å². The Labute approximate surface area is 103 Å². The van der Waals surface area contributed by atoms with Gasteiger partial charge in [0.1, 0.15) is 5.75 Å². The minimum Gasteiger partial charge on any atom is -0.494 e. The van der Waals surface area contributed by atoms with Gasteiger partial charge in [-0.05, 0) is 43.5 Å². The molecule has 1 aliphatic rings. The number of rotatable bonds is 5. The Kier molecular flexibility index (Phi) is 4.40. The molecule has 2 unspecified atom stereocenters. The maximum Gasteiger partial charge on any atom is 0.119 e. The lowest BCUT2D eigenvalue weighted by atomic mass is 9.99. The molecule has 0 bridgehead atoms. The van der Waals surface area contributed by atoms with Crippen LogP contribution in [0.5, 0.6) is 5.75 Å². The lowest BCUT2D eigenvalue weighted by Gasteiger charge is -2.20. The van der Waals surface area contributed by atoms with Crippen molar-refractivity contribution >= 4 is 0 Å². The zero-order valence-electron chi connectivity index (χ0n) is 10.5. The van der Waals surface area contributed by atoms with Crippen LogP contribution in [0.4, 0.5) is 0 Å². The second kappa shape index (κ2) is 6.03. The highest BCUT2D eigenvalue weighted by Gasteiger charge is 2.22. The molecule has 94 valence electrons. The molecule has 2 rings (SSSR count). The third-order valence-corrected chi connectivity index (χ3v) is 3.27. The van der Waals surface area contributed by atoms with Crippen LogP contribution < -0.4 is 15.8 Å². The highest BCUT2D eigenvalue weighted by Crippen LogP contribution is 2.22. The van der Waals surface area contributed by atoms with Crippen molar-refractivity contribution in [1.82, 2.24) is 5.32 Å². The molecule has 1 fully saturated rings. The topological polar surface area (TPSA) is 47.3 Å². The molecule has 2 atom stereocenters. The maximum atomic E-state index is 6.25. The Hall–Kier alpha value is -1.06. The van der Waals surface area contributed by atoms with Gasteiger partial charge in [-0.25, -0.2) is 0 Å². The molecule has 1 saturated heterocycles. The van der Waals surface area contributed by atoms with E-state index < -0.39 is 0 Å². The van der Waals surface area contributed by atoms with Crippen molar-refractivity contribution in [2.45, 2.75) is 38.3 Å². The van der Waals surface area contributed by atoms with Crippen LogP contribution in [-0.2, 0) is 0 Å². The SMILES string of the molecule is CCCOc1ccc(C(N)C2CCCN2)cc1. The molecule has 3 N–H and O–H groups in total. The zero-order chi connectivity index (χ0) is 12.1. The Morgan fingerprint density at radius 1 is 1.41 bits per heavy atom. The van der Waals surface area contributed by atoms with Crippen molar-refractivity contribution in [2.75, 3.05) is 13.2 Å². The van der Waals surface area contributed by atoms with Crippen LogP contribution in [0.2, 0.25) is 0 Å². The average molecular weight is 234 g/mol. The van der Waals surface area contributed by atoms with Crippen LogP contribution in [0.25, 0.3) is 0 Å². The maximum absolute atomic E-state index is 6.25. The second-order valence-corrected chi connectivity index (χ2v) is 4.65. The van der Waals surface area contributed by atoms with Gasteiger partial charge in [0.05, 0.1) is 6.61 Å². The largest absolute Gasteiger partial charge is 0.494 e. The van der Waals surface area contributed by atoms with E-state index in [0.29, 0.717) is 6.04 Å². The van der Waals surface area contributed by atoms with Crippen LogP contribution in [-0.4, -0.2) is 19.2 Å². The molecule has 0 aliphatic carbocycles. The molecule has 1 aromatic carbocycles. The van der Waals surface area contributed by atoms with Crippen LogP contribution in [0, 0.1) is 0 Å². The summed E-state index contributed by atoms with van der Waals surface area (Å²) in [4.78, 5) is 0. The van der Waals surface area contributed by atoms with E-state index in [9.17, 15) is 0 Å². The van der Waals surface area contributed by atoms with Gasteiger partial charge >= 0.3 is 0 Å². The summed E-state index contributed by atoms with van der Waals surface area (Å²) in [5.74, 6) is 0.933. The molecule has 3 heteroatoms. The number of nitrogens with one attached hydrogen (secondary N) is 1. The fraction of sp³-hybridized carbons (Fsp3) is 0.571. The Balaban J connectivity index is 1.96. The van der Waals surface area contributed by atoms with Crippen LogP contribution >= 0.6 is 0 Å². The van der Waals surface area contributed by atoms with Gasteiger partial charge in [-0.3, -0.25) is 0 Å². The van der Waals surface area contributed by atoms with Gasteiger partial charge in [0, 0.05) is 12.1 Å². The summed E-state index contributed by atoms with van der Waals surface area (Å²) in [6.45, 7) is 3.97. The first-order valence-corrected chi connectivity index (χ1v) is 6.53. The van der Waals surface area contributed by atoms with Gasteiger partial charge in [0.2, 0.25) is 0 Å². The van der Waals surface area contributed by atoms with E-state index in [-0.39, 0.29) is 6.04 Å². The summed E-state index contributed by atoms with van der Waals surface area (Å²) in [5, 5.41) is 3.45. The molecule has 1 heterocycles. The first-order valence-electron chi connectivity index (χ1n) is 6.53. The highest BCUT2D eigenvalue weighted by molar-refractivity contribution is 5.30. The van der Waals surface area contributed by atoms with Gasteiger partial charge < -0.3 is 15.8 Å². The summed E-state index contributed by atoms with van der Waals surface area (Å²) >= 11 is 0. The van der Waals surface area contributed by atoms with Crippen molar-refractivity contribution in [1.29, 1.82) is 0 Å². The molecular weight excluding hydrogens is 212 g/mol. The smallest absolute Gasteiger partial charge is 0.119 e. The summed E-state index contributed by atoms with van der Waals surface area (Å²) in [6, 6.07) is 8.71. The fourth-order valence-electron chi connectivity index (χ4n) is 2.26. The van der Waals surface area contributed by atoms with E-state index in [1.807, 2.05) is 12.1 Å². The summed E-state index contributed by atoms with van der Waals surface area (Å²) in [5.41, 5.74) is 7.44. The molecule has 0 amide bonds. The molecule has 1 aliphatic heterocycles. The predicted octanol–water partition coefficient (Wildman–Crippen LogP) is 2.23. The Morgan fingerprint density at radius 2 is 2.18 bits per heavy atom.